The van der Waals surface area contributed by atoms with E-state index in [1.165, 1.54) is 19.3 Å². The van der Waals surface area contributed by atoms with Gasteiger partial charge >= 0.3 is 0 Å². The molecule has 2 unspecified atom stereocenters. The molecule has 17 heavy (non-hydrogen) atoms. The number of hydrogen-bond donors (Lipinski definition) is 2. The summed E-state index contributed by atoms with van der Waals surface area (Å²) in [6.45, 7) is 3.16. The highest BCUT2D eigenvalue weighted by Gasteiger charge is 2.24. The van der Waals surface area contributed by atoms with Crippen LogP contribution in [0.15, 0.2) is 12.4 Å². The molecule has 1 aliphatic carbocycles. The molecule has 0 bridgehead atoms. The fourth-order valence-corrected chi connectivity index (χ4v) is 2.60. The van der Waals surface area contributed by atoms with E-state index < -0.39 is 0 Å². The van der Waals surface area contributed by atoms with Crippen LogP contribution in [0.5, 0.6) is 0 Å². The number of aliphatic hydroxyl groups excluding tert-OH is 1. The van der Waals surface area contributed by atoms with Crippen LogP contribution in [0.4, 0.5) is 5.82 Å². The van der Waals surface area contributed by atoms with Gasteiger partial charge in [-0.2, -0.15) is 0 Å². The maximum atomic E-state index is 9.36. The third kappa shape index (κ3) is 3.16. The largest absolute Gasteiger partial charge is 0.396 e. The van der Waals surface area contributed by atoms with Crippen LogP contribution < -0.4 is 5.32 Å². The first-order valence-electron chi connectivity index (χ1n) is 6.43. The molecule has 4 heteroatoms. The Labute approximate surface area is 102 Å². The Hall–Kier alpha value is -1.16. The highest BCUT2D eigenvalue weighted by atomic mass is 16.3. The molecule has 1 fully saturated rings. The molecule has 0 amide bonds. The van der Waals surface area contributed by atoms with E-state index in [0.29, 0.717) is 18.4 Å². The lowest BCUT2D eigenvalue weighted by Gasteiger charge is -2.30. The number of rotatable bonds is 4. The van der Waals surface area contributed by atoms with Gasteiger partial charge in [-0.25, -0.2) is 4.98 Å². The van der Waals surface area contributed by atoms with Crippen molar-refractivity contribution < 1.29 is 5.11 Å². The maximum absolute atomic E-state index is 9.36. The topological polar surface area (TPSA) is 58.0 Å². The van der Waals surface area contributed by atoms with Crippen molar-refractivity contribution in [1.29, 1.82) is 0 Å². The van der Waals surface area contributed by atoms with Crippen LogP contribution >= 0.6 is 0 Å². The van der Waals surface area contributed by atoms with Crippen LogP contribution in [-0.2, 0) is 0 Å². The molecular weight excluding hydrogens is 214 g/mol. The fourth-order valence-electron chi connectivity index (χ4n) is 2.60. The summed E-state index contributed by atoms with van der Waals surface area (Å²) in [6.07, 6.45) is 8.31. The van der Waals surface area contributed by atoms with E-state index in [0.717, 1.165) is 24.5 Å². The van der Waals surface area contributed by atoms with Gasteiger partial charge < -0.3 is 10.4 Å². The quantitative estimate of drug-likeness (QED) is 0.838. The molecule has 1 aromatic rings. The molecule has 94 valence electrons. The molecule has 1 saturated carbocycles. The van der Waals surface area contributed by atoms with Gasteiger partial charge in [0.05, 0.1) is 5.69 Å². The second-order valence-electron chi connectivity index (χ2n) is 4.86. The highest BCUT2D eigenvalue weighted by Crippen LogP contribution is 2.29. The van der Waals surface area contributed by atoms with Crippen molar-refractivity contribution in [3.05, 3.63) is 18.1 Å². The molecule has 2 rings (SSSR count). The zero-order chi connectivity index (χ0) is 12.1. The molecule has 2 atom stereocenters. The molecule has 4 nitrogen and oxygen atoms in total. The van der Waals surface area contributed by atoms with Gasteiger partial charge in [0.1, 0.15) is 5.82 Å². The summed E-state index contributed by atoms with van der Waals surface area (Å²) in [7, 11) is 0. The Morgan fingerprint density at radius 2 is 1.94 bits per heavy atom. The fraction of sp³-hybridized carbons (Fsp3) is 0.692. The van der Waals surface area contributed by atoms with Crippen LogP contribution in [0.25, 0.3) is 0 Å². The van der Waals surface area contributed by atoms with E-state index in [-0.39, 0.29) is 0 Å². The summed E-state index contributed by atoms with van der Waals surface area (Å²) in [5, 5.41) is 12.7. The molecule has 0 aromatic carbocycles. The lowest BCUT2D eigenvalue weighted by atomic mass is 9.79. The van der Waals surface area contributed by atoms with E-state index >= 15 is 0 Å². The molecule has 1 aliphatic rings. The van der Waals surface area contributed by atoms with Crippen LogP contribution in [0.3, 0.4) is 0 Å². The van der Waals surface area contributed by atoms with Crippen molar-refractivity contribution in [2.24, 2.45) is 11.8 Å². The average Bonchev–Trinajstić information content (AvgIpc) is 2.38. The van der Waals surface area contributed by atoms with Gasteiger partial charge in [0.15, 0.2) is 0 Å². The first-order valence-corrected chi connectivity index (χ1v) is 6.43. The second kappa shape index (κ2) is 5.96. The lowest BCUT2D eigenvalue weighted by molar-refractivity contribution is 0.141. The normalized spacial score (nSPS) is 24.6. The van der Waals surface area contributed by atoms with Gasteiger partial charge in [-0.15, -0.1) is 0 Å². The van der Waals surface area contributed by atoms with E-state index in [4.69, 9.17) is 0 Å². The number of nitrogens with zero attached hydrogens (tertiary/aromatic N) is 2. The van der Waals surface area contributed by atoms with E-state index in [9.17, 15) is 5.11 Å². The first-order chi connectivity index (χ1) is 8.31. The minimum atomic E-state index is 0.311. The Morgan fingerprint density at radius 1 is 1.24 bits per heavy atom. The predicted molar refractivity (Wildman–Crippen MR) is 67.8 cm³/mol. The van der Waals surface area contributed by atoms with E-state index in [1.54, 1.807) is 12.4 Å². The van der Waals surface area contributed by atoms with E-state index in [2.05, 4.69) is 15.3 Å². The maximum Gasteiger partial charge on any atom is 0.147 e. The number of aliphatic hydroxyl groups is 1. The Kier molecular flexibility index (Phi) is 4.31. The number of nitrogens with one attached hydrogen (secondary N) is 1. The summed E-state index contributed by atoms with van der Waals surface area (Å²) in [5.74, 6) is 1.89. The predicted octanol–water partition coefficient (Wildman–Crippen LogP) is 2.00. The molecule has 0 radical (unpaired) electrons. The average molecular weight is 235 g/mol. The molecule has 0 spiro atoms. The minimum Gasteiger partial charge on any atom is -0.396 e. The van der Waals surface area contributed by atoms with Crippen molar-refractivity contribution in [3.63, 3.8) is 0 Å². The highest BCUT2D eigenvalue weighted by molar-refractivity contribution is 5.38. The molecule has 0 aliphatic heterocycles. The Bertz CT molecular complexity index is 356. The van der Waals surface area contributed by atoms with Crippen molar-refractivity contribution in [2.45, 2.75) is 32.6 Å². The van der Waals surface area contributed by atoms with Crippen LogP contribution in [0.2, 0.25) is 0 Å². The zero-order valence-corrected chi connectivity index (χ0v) is 10.4. The van der Waals surface area contributed by atoms with Crippen molar-refractivity contribution in [2.75, 3.05) is 18.5 Å². The number of hydrogen-bond acceptors (Lipinski definition) is 4. The van der Waals surface area contributed by atoms with Gasteiger partial charge in [0, 0.05) is 25.5 Å². The monoisotopic (exact) mass is 235 g/mol. The Morgan fingerprint density at radius 3 is 2.65 bits per heavy atom. The summed E-state index contributed by atoms with van der Waals surface area (Å²) >= 11 is 0. The third-order valence-corrected chi connectivity index (χ3v) is 3.71. The van der Waals surface area contributed by atoms with Gasteiger partial charge in [0.25, 0.3) is 0 Å². The summed E-state index contributed by atoms with van der Waals surface area (Å²) < 4.78 is 0. The summed E-state index contributed by atoms with van der Waals surface area (Å²) in [4.78, 5) is 8.49. The van der Waals surface area contributed by atoms with Crippen LogP contribution in [0.1, 0.15) is 31.4 Å². The number of anilines is 1. The SMILES string of the molecule is Cc1nccnc1NCC1CCCCC1CO. The van der Waals surface area contributed by atoms with Gasteiger partial charge in [0.2, 0.25) is 0 Å². The summed E-state index contributed by atoms with van der Waals surface area (Å²) in [6, 6.07) is 0. The number of aromatic nitrogens is 2. The molecule has 0 saturated heterocycles. The van der Waals surface area contributed by atoms with Gasteiger partial charge in [-0.3, -0.25) is 4.98 Å². The van der Waals surface area contributed by atoms with Crippen molar-refractivity contribution >= 4 is 5.82 Å². The van der Waals surface area contributed by atoms with Gasteiger partial charge in [-0.05, 0) is 31.6 Å². The van der Waals surface area contributed by atoms with Crippen molar-refractivity contribution in [1.82, 2.24) is 9.97 Å². The molecule has 1 aromatic heterocycles. The molecule has 2 N–H and O–H groups in total. The zero-order valence-electron chi connectivity index (χ0n) is 10.4. The minimum absolute atomic E-state index is 0.311. The van der Waals surface area contributed by atoms with Crippen LogP contribution in [-0.4, -0.2) is 28.2 Å². The van der Waals surface area contributed by atoms with E-state index in [1.807, 2.05) is 6.92 Å². The standard InChI is InChI=1S/C13H21N3O/c1-10-13(15-7-6-14-10)16-8-11-4-2-3-5-12(11)9-17/h6-7,11-12,17H,2-5,8-9H2,1H3,(H,15,16). The molecule has 1 heterocycles. The van der Waals surface area contributed by atoms with Crippen LogP contribution in [0, 0.1) is 18.8 Å². The number of aryl methyl sites for hydroxylation is 1. The smallest absolute Gasteiger partial charge is 0.147 e. The Balaban J connectivity index is 1.90. The van der Waals surface area contributed by atoms with Crippen molar-refractivity contribution in [3.8, 4) is 0 Å². The lowest BCUT2D eigenvalue weighted by Crippen LogP contribution is -2.29. The summed E-state index contributed by atoms with van der Waals surface area (Å²) in [5.41, 5.74) is 0.934. The second-order valence-corrected chi connectivity index (χ2v) is 4.86. The van der Waals surface area contributed by atoms with Gasteiger partial charge in [-0.1, -0.05) is 12.8 Å². The first kappa shape index (κ1) is 12.3. The molecular formula is C13H21N3O. The third-order valence-electron chi connectivity index (χ3n) is 3.71.